The highest BCUT2D eigenvalue weighted by atomic mass is 32.2. The predicted molar refractivity (Wildman–Crippen MR) is 80.3 cm³/mol. The van der Waals surface area contributed by atoms with Gasteiger partial charge < -0.3 is 5.73 Å². The van der Waals surface area contributed by atoms with Gasteiger partial charge in [0.15, 0.2) is 0 Å². The maximum Gasteiger partial charge on any atom is 0.221 e. The van der Waals surface area contributed by atoms with Crippen LogP contribution in [0.1, 0.15) is 37.6 Å². The van der Waals surface area contributed by atoms with Gasteiger partial charge in [0.1, 0.15) is 5.25 Å². The van der Waals surface area contributed by atoms with Gasteiger partial charge in [-0.2, -0.15) is 0 Å². The Labute approximate surface area is 118 Å². The van der Waals surface area contributed by atoms with Crippen LogP contribution in [-0.2, 0) is 10.0 Å². The molecular weight excluding hydrogens is 288 g/mol. The van der Waals surface area contributed by atoms with Gasteiger partial charge in [-0.05, 0) is 24.3 Å². The molecule has 0 saturated carbocycles. The van der Waals surface area contributed by atoms with Crippen LogP contribution in [0.25, 0.3) is 0 Å². The summed E-state index contributed by atoms with van der Waals surface area (Å²) >= 11 is 6.35. The van der Waals surface area contributed by atoms with E-state index in [4.69, 9.17) is 18.0 Å². The molecule has 3 N–H and O–H groups in total. The van der Waals surface area contributed by atoms with Gasteiger partial charge in [-0.25, -0.2) is 13.1 Å². The quantitative estimate of drug-likeness (QED) is 0.757. The number of hydrogen-bond acceptors (Lipinski definition) is 4. The second-order valence-electron chi connectivity index (χ2n) is 3.94. The van der Waals surface area contributed by atoms with E-state index < -0.39 is 15.3 Å². The van der Waals surface area contributed by atoms with Crippen molar-refractivity contribution in [2.45, 2.75) is 38.0 Å². The molecule has 0 bridgehead atoms. The van der Waals surface area contributed by atoms with E-state index in [0.29, 0.717) is 12.8 Å². The minimum atomic E-state index is -3.52. The summed E-state index contributed by atoms with van der Waals surface area (Å²) in [5.74, 6) is 0. The Morgan fingerprint density at radius 3 is 2.56 bits per heavy atom. The minimum absolute atomic E-state index is 0.0195. The van der Waals surface area contributed by atoms with Gasteiger partial charge in [0.2, 0.25) is 10.0 Å². The highest BCUT2D eigenvalue weighted by Crippen LogP contribution is 2.23. The maximum absolute atomic E-state index is 12.2. The molecule has 0 fully saturated rings. The van der Waals surface area contributed by atoms with Crippen molar-refractivity contribution in [1.29, 1.82) is 0 Å². The van der Waals surface area contributed by atoms with Crippen LogP contribution in [-0.4, -0.2) is 18.7 Å². The van der Waals surface area contributed by atoms with Crippen LogP contribution >= 0.6 is 23.6 Å². The molecule has 0 amide bonds. The molecule has 1 aromatic heterocycles. The molecule has 1 rings (SSSR count). The maximum atomic E-state index is 12.2. The summed E-state index contributed by atoms with van der Waals surface area (Å²) in [5, 5.41) is 1.12. The van der Waals surface area contributed by atoms with E-state index in [1.54, 1.807) is 6.92 Å². The molecule has 0 aliphatic carbocycles. The van der Waals surface area contributed by atoms with Crippen LogP contribution in [0.5, 0.6) is 0 Å². The Kier molecular flexibility index (Phi) is 5.71. The summed E-state index contributed by atoms with van der Waals surface area (Å²) in [6.45, 7) is 3.70. The number of rotatable bonds is 7. The van der Waals surface area contributed by atoms with Crippen molar-refractivity contribution in [3.05, 3.63) is 22.4 Å². The monoisotopic (exact) mass is 306 g/mol. The first kappa shape index (κ1) is 15.6. The number of sulfonamides is 1. The summed E-state index contributed by atoms with van der Waals surface area (Å²) in [6.07, 6.45) is 1.07. The van der Waals surface area contributed by atoms with Crippen molar-refractivity contribution in [2.24, 2.45) is 5.73 Å². The smallest absolute Gasteiger partial charge is 0.221 e. The fourth-order valence-electron chi connectivity index (χ4n) is 1.69. The number of thiophene rings is 1. The molecule has 0 saturated heterocycles. The number of nitrogens with one attached hydrogen (secondary N) is 1. The van der Waals surface area contributed by atoms with Crippen molar-refractivity contribution in [2.75, 3.05) is 0 Å². The van der Waals surface area contributed by atoms with Crippen LogP contribution in [0.4, 0.5) is 0 Å². The molecule has 2 unspecified atom stereocenters. The zero-order valence-electron chi connectivity index (χ0n) is 10.4. The number of nitrogens with two attached hydrogens (primary N) is 1. The summed E-state index contributed by atoms with van der Waals surface area (Å²) in [6, 6.07) is 3.61. The average Bonchev–Trinajstić information content (AvgIpc) is 2.79. The molecule has 0 aromatic carbocycles. The second kappa shape index (κ2) is 6.60. The van der Waals surface area contributed by atoms with Gasteiger partial charge in [-0.3, -0.25) is 0 Å². The van der Waals surface area contributed by atoms with Gasteiger partial charge >= 0.3 is 0 Å². The van der Waals surface area contributed by atoms with Crippen LogP contribution in [0.2, 0.25) is 0 Å². The van der Waals surface area contributed by atoms with E-state index in [2.05, 4.69) is 4.72 Å². The predicted octanol–water partition coefficient (Wildman–Crippen LogP) is 2.18. The summed E-state index contributed by atoms with van der Waals surface area (Å²) in [7, 11) is -3.52. The zero-order valence-corrected chi connectivity index (χ0v) is 12.9. The number of hydrogen-bond donors (Lipinski definition) is 2. The Morgan fingerprint density at radius 2 is 2.17 bits per heavy atom. The Balaban J connectivity index is 2.90. The first-order chi connectivity index (χ1) is 8.42. The van der Waals surface area contributed by atoms with Gasteiger partial charge in [-0.15, -0.1) is 11.3 Å². The van der Waals surface area contributed by atoms with E-state index in [9.17, 15) is 8.42 Å². The van der Waals surface area contributed by atoms with Crippen molar-refractivity contribution < 1.29 is 8.42 Å². The van der Waals surface area contributed by atoms with Crippen molar-refractivity contribution >= 4 is 38.6 Å². The highest BCUT2D eigenvalue weighted by Gasteiger charge is 2.29. The average molecular weight is 306 g/mol. The largest absolute Gasteiger partial charge is 0.392 e. The Morgan fingerprint density at radius 1 is 1.50 bits per heavy atom. The molecule has 18 heavy (non-hydrogen) atoms. The molecule has 1 aromatic rings. The van der Waals surface area contributed by atoms with E-state index in [-0.39, 0.29) is 11.0 Å². The van der Waals surface area contributed by atoms with E-state index >= 15 is 0 Å². The normalized spacial score (nSPS) is 15.2. The molecule has 1 heterocycles. The molecule has 2 atom stereocenters. The molecule has 4 nitrogen and oxygen atoms in total. The summed E-state index contributed by atoms with van der Waals surface area (Å²) in [4.78, 5) is 1.02. The molecule has 102 valence electrons. The molecule has 0 radical (unpaired) electrons. The third kappa shape index (κ3) is 3.74. The van der Waals surface area contributed by atoms with Gasteiger partial charge in [-0.1, -0.05) is 32.1 Å². The lowest BCUT2D eigenvalue weighted by Gasteiger charge is -2.20. The molecular formula is C11H18N2O2S3. The van der Waals surface area contributed by atoms with Crippen LogP contribution in [0.3, 0.4) is 0 Å². The van der Waals surface area contributed by atoms with Gasteiger partial charge in [0, 0.05) is 4.88 Å². The SMILES string of the molecule is CCC(NS(=O)(=O)C(CC)C(N)=S)c1cccs1. The zero-order chi connectivity index (χ0) is 13.8. The first-order valence-electron chi connectivity index (χ1n) is 5.76. The van der Waals surface area contributed by atoms with E-state index in [0.717, 1.165) is 4.88 Å². The lowest BCUT2D eigenvalue weighted by molar-refractivity contribution is 0.547. The lowest BCUT2D eigenvalue weighted by atomic mass is 10.2. The van der Waals surface area contributed by atoms with E-state index in [1.807, 2.05) is 24.4 Å². The molecule has 0 aliphatic heterocycles. The molecule has 7 heteroatoms. The van der Waals surface area contributed by atoms with Gasteiger partial charge in [0.05, 0.1) is 11.0 Å². The number of thiocarbonyl (C=S) groups is 1. The van der Waals surface area contributed by atoms with Crippen molar-refractivity contribution in [3.8, 4) is 0 Å². The third-order valence-corrected chi connectivity index (χ3v) is 6.03. The van der Waals surface area contributed by atoms with Crippen LogP contribution in [0.15, 0.2) is 17.5 Å². The lowest BCUT2D eigenvalue weighted by Crippen LogP contribution is -2.42. The fraction of sp³-hybridized carbons (Fsp3) is 0.545. The van der Waals surface area contributed by atoms with Crippen LogP contribution < -0.4 is 10.5 Å². The molecule has 0 aliphatic rings. The van der Waals surface area contributed by atoms with E-state index in [1.165, 1.54) is 11.3 Å². The second-order valence-corrected chi connectivity index (χ2v) is 7.28. The molecule has 0 spiro atoms. The standard InChI is InChI=1S/C11H18N2O2S3/c1-3-8(9-6-5-7-17-9)13-18(14,15)10(4-2)11(12)16/h5-8,10,13H,3-4H2,1-2H3,(H2,12,16). The summed E-state index contributed by atoms with van der Waals surface area (Å²) < 4.78 is 27.1. The Bertz CT molecular complexity index is 482. The van der Waals surface area contributed by atoms with Crippen molar-refractivity contribution in [1.82, 2.24) is 4.72 Å². The highest BCUT2D eigenvalue weighted by molar-refractivity contribution is 7.93. The van der Waals surface area contributed by atoms with Gasteiger partial charge in [0.25, 0.3) is 0 Å². The Hall–Kier alpha value is -0.500. The topological polar surface area (TPSA) is 72.2 Å². The summed E-state index contributed by atoms with van der Waals surface area (Å²) in [5.41, 5.74) is 5.48. The minimum Gasteiger partial charge on any atom is -0.392 e. The third-order valence-electron chi connectivity index (χ3n) is 2.66. The fourth-order valence-corrected chi connectivity index (χ4v) is 4.77. The van der Waals surface area contributed by atoms with Crippen molar-refractivity contribution in [3.63, 3.8) is 0 Å². The van der Waals surface area contributed by atoms with Crippen LogP contribution in [0, 0.1) is 0 Å². The first-order valence-corrected chi connectivity index (χ1v) is 8.59.